The van der Waals surface area contributed by atoms with Crippen LogP contribution in [0.2, 0.25) is 0 Å². The van der Waals surface area contributed by atoms with E-state index in [0.717, 1.165) is 33.3 Å². The van der Waals surface area contributed by atoms with E-state index in [-0.39, 0.29) is 11.3 Å². The van der Waals surface area contributed by atoms with Crippen molar-refractivity contribution in [2.75, 3.05) is 0 Å². The highest BCUT2D eigenvalue weighted by atomic mass is 16.1. The van der Waals surface area contributed by atoms with Crippen molar-refractivity contribution in [1.29, 1.82) is 0 Å². The van der Waals surface area contributed by atoms with Gasteiger partial charge in [-0.25, -0.2) is 0 Å². The Morgan fingerprint density at radius 1 is 0.952 bits per heavy atom. The molecule has 1 aromatic heterocycles. The Morgan fingerprint density at radius 3 is 2.33 bits per heavy atom. The zero-order valence-corrected chi connectivity index (χ0v) is 12.6. The molecular weight excluding hydrogens is 258 g/mol. The van der Waals surface area contributed by atoms with Gasteiger partial charge in [0.15, 0.2) is 5.43 Å². The fraction of sp³-hybridized carbons (Fsp3) is 0.211. The predicted octanol–water partition coefficient (Wildman–Crippen LogP) is 4.63. The van der Waals surface area contributed by atoms with Gasteiger partial charge in [-0.1, -0.05) is 56.3 Å². The molecule has 0 bridgehead atoms. The van der Waals surface area contributed by atoms with Gasteiger partial charge in [0, 0.05) is 22.2 Å². The van der Waals surface area contributed by atoms with Crippen molar-refractivity contribution in [3.05, 3.63) is 70.0 Å². The Kier molecular flexibility index (Phi) is 3.38. The molecule has 2 nitrogen and oxygen atoms in total. The Bertz CT molecular complexity index is 845. The summed E-state index contributed by atoms with van der Waals surface area (Å²) >= 11 is 0. The number of fused-ring (bicyclic) bond motifs is 1. The van der Waals surface area contributed by atoms with Gasteiger partial charge in [0.2, 0.25) is 0 Å². The second-order valence-electron chi connectivity index (χ2n) is 5.74. The summed E-state index contributed by atoms with van der Waals surface area (Å²) in [4.78, 5) is 16.2. The van der Waals surface area contributed by atoms with Crippen LogP contribution in [-0.2, 0) is 0 Å². The fourth-order valence-corrected chi connectivity index (χ4v) is 3.00. The molecule has 0 saturated heterocycles. The lowest BCUT2D eigenvalue weighted by molar-refractivity contribution is 0.839. The fourth-order valence-electron chi connectivity index (χ4n) is 3.00. The van der Waals surface area contributed by atoms with Crippen LogP contribution in [0, 0.1) is 6.92 Å². The third-order valence-corrected chi connectivity index (χ3v) is 3.93. The van der Waals surface area contributed by atoms with Crippen molar-refractivity contribution in [1.82, 2.24) is 4.98 Å². The van der Waals surface area contributed by atoms with Crippen molar-refractivity contribution >= 4 is 10.9 Å². The predicted molar refractivity (Wildman–Crippen MR) is 88.8 cm³/mol. The molecule has 3 rings (SSSR count). The highest BCUT2D eigenvalue weighted by Crippen LogP contribution is 2.27. The lowest BCUT2D eigenvalue weighted by Gasteiger charge is -2.13. The van der Waals surface area contributed by atoms with Crippen LogP contribution in [-0.4, -0.2) is 4.98 Å². The van der Waals surface area contributed by atoms with Crippen LogP contribution >= 0.6 is 0 Å². The minimum absolute atomic E-state index is 0.147. The van der Waals surface area contributed by atoms with Crippen molar-refractivity contribution in [2.24, 2.45) is 0 Å². The molecule has 3 aromatic rings. The van der Waals surface area contributed by atoms with Gasteiger partial charge in [-0.2, -0.15) is 0 Å². The largest absolute Gasteiger partial charge is 0.358 e. The first-order valence-electron chi connectivity index (χ1n) is 7.30. The van der Waals surface area contributed by atoms with Crippen LogP contribution in [0.1, 0.15) is 31.0 Å². The maximum atomic E-state index is 12.8. The van der Waals surface area contributed by atoms with E-state index < -0.39 is 0 Å². The van der Waals surface area contributed by atoms with Gasteiger partial charge in [0.25, 0.3) is 0 Å². The first-order chi connectivity index (χ1) is 10.1. The molecule has 0 unspecified atom stereocenters. The summed E-state index contributed by atoms with van der Waals surface area (Å²) in [6.07, 6.45) is 0. The molecule has 0 aliphatic heterocycles. The molecule has 0 fully saturated rings. The molecule has 0 aliphatic carbocycles. The number of para-hydroxylation sites is 1. The number of benzene rings is 2. The van der Waals surface area contributed by atoms with Gasteiger partial charge < -0.3 is 4.98 Å². The molecule has 0 amide bonds. The maximum Gasteiger partial charge on any atom is 0.193 e. The van der Waals surface area contributed by atoms with Gasteiger partial charge in [0.1, 0.15) is 0 Å². The first kappa shape index (κ1) is 13.6. The zero-order valence-electron chi connectivity index (χ0n) is 12.6. The topological polar surface area (TPSA) is 32.9 Å². The van der Waals surface area contributed by atoms with Crippen LogP contribution in [0.25, 0.3) is 22.0 Å². The van der Waals surface area contributed by atoms with Gasteiger partial charge in [-0.15, -0.1) is 0 Å². The number of hydrogen-bond donors (Lipinski definition) is 1. The molecular formula is C19H19NO. The van der Waals surface area contributed by atoms with Gasteiger partial charge in [-0.3, -0.25) is 4.79 Å². The molecule has 106 valence electrons. The monoisotopic (exact) mass is 277 g/mol. The number of hydrogen-bond acceptors (Lipinski definition) is 1. The summed E-state index contributed by atoms with van der Waals surface area (Å²) in [5, 5.41) is 0.769. The van der Waals surface area contributed by atoms with Gasteiger partial charge >= 0.3 is 0 Å². The second kappa shape index (κ2) is 5.21. The summed E-state index contributed by atoms with van der Waals surface area (Å²) in [6, 6.07) is 16.1. The van der Waals surface area contributed by atoms with Crippen LogP contribution in [0.4, 0.5) is 0 Å². The highest BCUT2D eigenvalue weighted by molar-refractivity contribution is 5.94. The average molecular weight is 277 g/mol. The number of aryl methyl sites for hydroxylation is 1. The SMILES string of the molecule is Cc1[nH]c2c(-c3ccccc3)cccc2c(=O)c1C(C)C. The van der Waals surface area contributed by atoms with E-state index in [1.54, 1.807) is 0 Å². The Balaban J connectivity index is 2.39. The molecule has 0 atom stereocenters. The van der Waals surface area contributed by atoms with E-state index in [1.165, 1.54) is 0 Å². The van der Waals surface area contributed by atoms with E-state index >= 15 is 0 Å². The maximum absolute atomic E-state index is 12.8. The molecule has 2 aromatic carbocycles. The van der Waals surface area contributed by atoms with Crippen molar-refractivity contribution in [2.45, 2.75) is 26.7 Å². The molecule has 0 saturated carbocycles. The standard InChI is InChI=1S/C19H19NO/c1-12(2)17-13(3)20-18-15(14-8-5-4-6-9-14)10-7-11-16(18)19(17)21/h4-12H,1-3H3,(H,20,21). The Hall–Kier alpha value is -2.35. The summed E-state index contributed by atoms with van der Waals surface area (Å²) < 4.78 is 0. The van der Waals surface area contributed by atoms with Crippen LogP contribution in [0.5, 0.6) is 0 Å². The normalized spacial score (nSPS) is 11.2. The summed E-state index contributed by atoms with van der Waals surface area (Å²) in [6.45, 7) is 6.10. The molecule has 2 heteroatoms. The molecule has 0 radical (unpaired) electrons. The van der Waals surface area contributed by atoms with Crippen molar-refractivity contribution < 1.29 is 0 Å². The lowest BCUT2D eigenvalue weighted by Crippen LogP contribution is -2.15. The minimum Gasteiger partial charge on any atom is -0.358 e. The van der Waals surface area contributed by atoms with Crippen molar-refractivity contribution in [3.8, 4) is 11.1 Å². The lowest BCUT2D eigenvalue weighted by atomic mass is 9.96. The number of aromatic amines is 1. The highest BCUT2D eigenvalue weighted by Gasteiger charge is 2.14. The van der Waals surface area contributed by atoms with Crippen LogP contribution in [0.15, 0.2) is 53.3 Å². The molecule has 21 heavy (non-hydrogen) atoms. The van der Waals surface area contributed by atoms with E-state index in [1.807, 2.05) is 37.3 Å². The second-order valence-corrected chi connectivity index (χ2v) is 5.74. The van der Waals surface area contributed by atoms with E-state index in [2.05, 4.69) is 37.0 Å². The van der Waals surface area contributed by atoms with Gasteiger partial charge in [-0.05, 0) is 24.5 Å². The summed E-state index contributed by atoms with van der Waals surface area (Å²) in [7, 11) is 0. The quantitative estimate of drug-likeness (QED) is 0.728. The first-order valence-corrected chi connectivity index (χ1v) is 7.30. The number of pyridine rings is 1. The van der Waals surface area contributed by atoms with Crippen LogP contribution in [0.3, 0.4) is 0 Å². The molecule has 1 heterocycles. The zero-order chi connectivity index (χ0) is 15.0. The third-order valence-electron chi connectivity index (χ3n) is 3.93. The Morgan fingerprint density at radius 2 is 1.67 bits per heavy atom. The molecule has 1 N–H and O–H groups in total. The van der Waals surface area contributed by atoms with Crippen molar-refractivity contribution in [3.63, 3.8) is 0 Å². The summed E-state index contributed by atoms with van der Waals surface area (Å²) in [5.41, 5.74) is 5.11. The van der Waals surface area contributed by atoms with Crippen LogP contribution < -0.4 is 5.43 Å². The average Bonchev–Trinajstić information content (AvgIpc) is 2.47. The smallest absolute Gasteiger partial charge is 0.193 e. The van der Waals surface area contributed by atoms with Gasteiger partial charge in [0.05, 0.1) is 5.52 Å². The number of nitrogens with one attached hydrogen (secondary N) is 1. The third kappa shape index (κ3) is 2.27. The number of rotatable bonds is 2. The number of aromatic nitrogens is 1. The minimum atomic E-state index is 0.147. The van der Waals surface area contributed by atoms with E-state index in [4.69, 9.17) is 0 Å². The Labute approximate surface area is 124 Å². The van der Waals surface area contributed by atoms with E-state index in [0.29, 0.717) is 0 Å². The molecule has 0 spiro atoms. The van der Waals surface area contributed by atoms with E-state index in [9.17, 15) is 4.79 Å². The molecule has 0 aliphatic rings. The summed E-state index contributed by atoms with van der Waals surface area (Å²) in [5.74, 6) is 0.221. The number of H-pyrrole nitrogens is 1.